The zero-order valence-electron chi connectivity index (χ0n) is 10.2. The molecule has 0 aromatic rings. The largest absolute Gasteiger partial charge is 0.480 e. The molecule has 1 saturated heterocycles. The van der Waals surface area contributed by atoms with Gasteiger partial charge in [0.05, 0.1) is 0 Å². The predicted molar refractivity (Wildman–Crippen MR) is 64.0 cm³/mol. The van der Waals surface area contributed by atoms with Gasteiger partial charge in [0.25, 0.3) is 0 Å². The molecule has 1 aliphatic heterocycles. The second-order valence-corrected chi connectivity index (χ2v) is 6.76. The van der Waals surface area contributed by atoms with Gasteiger partial charge in [-0.2, -0.15) is 4.31 Å². The van der Waals surface area contributed by atoms with Gasteiger partial charge < -0.3 is 10.8 Å². The highest BCUT2D eigenvalue weighted by atomic mass is 32.2. The number of carboxylic acids is 1. The van der Waals surface area contributed by atoms with Crippen LogP contribution in [0, 0.1) is 5.92 Å². The van der Waals surface area contributed by atoms with Crippen LogP contribution in [0.4, 0.5) is 0 Å². The number of hydrogen-bond donors (Lipinski definition) is 2. The van der Waals surface area contributed by atoms with E-state index in [4.69, 9.17) is 10.8 Å². The number of rotatable bonds is 4. The quantitative estimate of drug-likeness (QED) is 0.735. The van der Waals surface area contributed by atoms with E-state index in [1.807, 2.05) is 6.92 Å². The van der Waals surface area contributed by atoms with Crippen LogP contribution in [-0.2, 0) is 14.8 Å². The molecule has 3 N–H and O–H groups in total. The Labute approximate surface area is 102 Å². The van der Waals surface area contributed by atoms with Crippen LogP contribution in [0.15, 0.2) is 0 Å². The standard InChI is InChI=1S/C10H20N2O4S/c1-7-4-3-5-12(9(7)6-11)17(15,16)8(2)10(13)14/h7-9H,3-6,11H2,1-2H3,(H,13,14). The van der Waals surface area contributed by atoms with Crippen LogP contribution < -0.4 is 5.73 Å². The number of nitrogens with two attached hydrogens (primary N) is 1. The highest BCUT2D eigenvalue weighted by Crippen LogP contribution is 2.26. The third-order valence-corrected chi connectivity index (χ3v) is 5.63. The Morgan fingerprint density at radius 2 is 2.18 bits per heavy atom. The predicted octanol–water partition coefficient (Wildman–Crippen LogP) is -0.151. The lowest BCUT2D eigenvalue weighted by Gasteiger charge is -2.39. The van der Waals surface area contributed by atoms with Crippen molar-refractivity contribution in [3.63, 3.8) is 0 Å². The van der Waals surface area contributed by atoms with Gasteiger partial charge in [0.2, 0.25) is 10.0 Å². The van der Waals surface area contributed by atoms with Crippen molar-refractivity contribution in [2.75, 3.05) is 13.1 Å². The Kier molecular flexibility index (Phi) is 4.51. The Morgan fingerprint density at radius 3 is 2.65 bits per heavy atom. The smallest absolute Gasteiger partial charge is 0.323 e. The summed E-state index contributed by atoms with van der Waals surface area (Å²) in [5.41, 5.74) is 5.60. The number of carboxylic acid groups (broad SMARTS) is 1. The van der Waals surface area contributed by atoms with E-state index < -0.39 is 21.2 Å². The Bertz CT molecular complexity index is 382. The van der Waals surface area contributed by atoms with Crippen molar-refractivity contribution >= 4 is 16.0 Å². The van der Waals surface area contributed by atoms with Crippen molar-refractivity contribution in [2.45, 2.75) is 38.0 Å². The Morgan fingerprint density at radius 1 is 1.59 bits per heavy atom. The molecular weight excluding hydrogens is 244 g/mol. The summed E-state index contributed by atoms with van der Waals surface area (Å²) in [6, 6.07) is -0.282. The fraction of sp³-hybridized carbons (Fsp3) is 0.900. The summed E-state index contributed by atoms with van der Waals surface area (Å²) in [6.45, 7) is 3.74. The topological polar surface area (TPSA) is 101 Å². The average molecular weight is 264 g/mol. The minimum absolute atomic E-state index is 0.171. The highest BCUT2D eigenvalue weighted by molar-refractivity contribution is 7.90. The first kappa shape index (κ1) is 14.4. The Balaban J connectivity index is 3.00. The van der Waals surface area contributed by atoms with Crippen LogP contribution >= 0.6 is 0 Å². The van der Waals surface area contributed by atoms with E-state index >= 15 is 0 Å². The molecule has 3 unspecified atom stereocenters. The average Bonchev–Trinajstić information content (AvgIpc) is 2.27. The first-order valence-corrected chi connectivity index (χ1v) is 7.26. The molecule has 7 heteroatoms. The zero-order chi connectivity index (χ0) is 13.2. The lowest BCUT2D eigenvalue weighted by Crippen LogP contribution is -2.54. The minimum Gasteiger partial charge on any atom is -0.480 e. The van der Waals surface area contributed by atoms with E-state index in [9.17, 15) is 13.2 Å². The molecule has 1 rings (SSSR count). The maximum Gasteiger partial charge on any atom is 0.323 e. The van der Waals surface area contributed by atoms with Crippen LogP contribution in [0.5, 0.6) is 0 Å². The lowest BCUT2D eigenvalue weighted by molar-refractivity contribution is -0.136. The van der Waals surface area contributed by atoms with E-state index in [1.165, 1.54) is 11.2 Å². The van der Waals surface area contributed by atoms with Crippen molar-refractivity contribution in [3.8, 4) is 0 Å². The second-order valence-electron chi connectivity index (χ2n) is 4.56. The van der Waals surface area contributed by atoms with Gasteiger partial charge in [0.15, 0.2) is 5.25 Å². The van der Waals surface area contributed by atoms with Gasteiger partial charge in [-0.1, -0.05) is 6.92 Å². The van der Waals surface area contributed by atoms with Crippen LogP contribution in [0.2, 0.25) is 0 Å². The SMILES string of the molecule is CC1CCCN(S(=O)(=O)C(C)C(=O)O)C1CN. The van der Waals surface area contributed by atoms with Gasteiger partial charge in [-0.3, -0.25) is 4.79 Å². The van der Waals surface area contributed by atoms with Crippen LogP contribution in [-0.4, -0.2) is 48.2 Å². The molecule has 0 radical (unpaired) electrons. The maximum atomic E-state index is 12.1. The van der Waals surface area contributed by atoms with E-state index in [0.717, 1.165) is 12.8 Å². The minimum atomic E-state index is -3.80. The lowest BCUT2D eigenvalue weighted by atomic mass is 9.93. The molecule has 0 aromatic carbocycles. The third-order valence-electron chi connectivity index (χ3n) is 3.43. The van der Waals surface area contributed by atoms with Crippen molar-refractivity contribution in [2.24, 2.45) is 11.7 Å². The molecule has 0 amide bonds. The molecule has 0 aliphatic carbocycles. The summed E-state index contributed by atoms with van der Waals surface area (Å²) in [5, 5.41) is 7.42. The van der Waals surface area contributed by atoms with Crippen molar-refractivity contribution in [1.82, 2.24) is 4.31 Å². The number of aliphatic carboxylic acids is 1. The van der Waals surface area contributed by atoms with Gasteiger partial charge in [-0.25, -0.2) is 8.42 Å². The first-order valence-electron chi connectivity index (χ1n) is 5.76. The maximum absolute atomic E-state index is 12.1. The molecular formula is C10H20N2O4S. The highest BCUT2D eigenvalue weighted by Gasteiger charge is 2.40. The molecule has 1 fully saturated rings. The third kappa shape index (κ3) is 2.78. The van der Waals surface area contributed by atoms with Crippen LogP contribution in [0.3, 0.4) is 0 Å². The van der Waals surface area contributed by atoms with Crippen LogP contribution in [0.1, 0.15) is 26.7 Å². The number of piperidine rings is 1. The fourth-order valence-electron chi connectivity index (χ4n) is 2.21. The molecule has 6 nitrogen and oxygen atoms in total. The van der Waals surface area contributed by atoms with Crippen LogP contribution in [0.25, 0.3) is 0 Å². The van der Waals surface area contributed by atoms with E-state index in [-0.39, 0.29) is 18.5 Å². The van der Waals surface area contributed by atoms with Gasteiger partial charge in [-0.15, -0.1) is 0 Å². The van der Waals surface area contributed by atoms with Crippen molar-refractivity contribution in [1.29, 1.82) is 0 Å². The number of nitrogens with zero attached hydrogens (tertiary/aromatic N) is 1. The second kappa shape index (κ2) is 5.32. The van der Waals surface area contributed by atoms with Gasteiger partial charge in [-0.05, 0) is 25.7 Å². The molecule has 0 saturated carbocycles. The van der Waals surface area contributed by atoms with Crippen molar-refractivity contribution in [3.05, 3.63) is 0 Å². The molecule has 0 aromatic heterocycles. The summed E-state index contributed by atoms with van der Waals surface area (Å²) >= 11 is 0. The first-order chi connectivity index (χ1) is 7.82. The molecule has 17 heavy (non-hydrogen) atoms. The zero-order valence-corrected chi connectivity index (χ0v) is 11.0. The molecule has 3 atom stereocenters. The van der Waals surface area contributed by atoms with Gasteiger partial charge in [0.1, 0.15) is 0 Å². The summed E-state index contributed by atoms with van der Waals surface area (Å²) in [4.78, 5) is 10.8. The summed E-state index contributed by atoms with van der Waals surface area (Å²) in [5.74, 6) is -1.15. The monoisotopic (exact) mass is 264 g/mol. The van der Waals surface area contributed by atoms with E-state index in [0.29, 0.717) is 6.54 Å². The fourth-order valence-corrected chi connectivity index (χ4v) is 3.92. The molecule has 100 valence electrons. The number of sulfonamides is 1. The summed E-state index contributed by atoms with van der Waals surface area (Å²) < 4.78 is 25.5. The Hall–Kier alpha value is -0.660. The van der Waals surface area contributed by atoms with E-state index in [2.05, 4.69) is 0 Å². The molecule has 1 heterocycles. The van der Waals surface area contributed by atoms with E-state index in [1.54, 1.807) is 0 Å². The molecule has 0 bridgehead atoms. The summed E-state index contributed by atoms with van der Waals surface area (Å²) in [6.07, 6.45) is 1.68. The van der Waals surface area contributed by atoms with Gasteiger partial charge in [0, 0.05) is 19.1 Å². The van der Waals surface area contributed by atoms with Crippen molar-refractivity contribution < 1.29 is 18.3 Å². The molecule has 1 aliphatic rings. The van der Waals surface area contributed by atoms with Gasteiger partial charge >= 0.3 is 5.97 Å². The number of hydrogen-bond acceptors (Lipinski definition) is 4. The molecule has 0 spiro atoms. The normalized spacial score (nSPS) is 28.9. The summed E-state index contributed by atoms with van der Waals surface area (Å²) in [7, 11) is -3.80. The number of carbonyl (C=O) groups is 1.